The summed E-state index contributed by atoms with van der Waals surface area (Å²) in [6.45, 7) is 3.80. The molecular formula is C23H25ClN2O5S. The first-order valence-electron chi connectivity index (χ1n) is 10.1. The molecule has 1 saturated heterocycles. The van der Waals surface area contributed by atoms with E-state index in [0.717, 1.165) is 12.1 Å². The molecule has 0 radical (unpaired) electrons. The smallest absolute Gasteiger partial charge is 0.344 e. The molecule has 0 spiro atoms. The number of anilines is 1. The van der Waals surface area contributed by atoms with E-state index in [9.17, 15) is 9.59 Å². The quantitative estimate of drug-likeness (QED) is 0.408. The van der Waals surface area contributed by atoms with Crippen molar-refractivity contribution in [2.45, 2.75) is 25.8 Å². The van der Waals surface area contributed by atoms with Gasteiger partial charge in [0.2, 0.25) is 0 Å². The van der Waals surface area contributed by atoms with Crippen molar-refractivity contribution in [1.29, 1.82) is 0 Å². The molecule has 9 heteroatoms. The fourth-order valence-corrected chi connectivity index (χ4v) is 4.26. The van der Waals surface area contributed by atoms with E-state index in [1.165, 1.54) is 24.4 Å². The largest absolute Gasteiger partial charge is 0.493 e. The molecule has 170 valence electrons. The van der Waals surface area contributed by atoms with E-state index in [0.29, 0.717) is 16.2 Å². The Morgan fingerprint density at radius 3 is 2.66 bits per heavy atom. The van der Waals surface area contributed by atoms with Gasteiger partial charge in [-0.3, -0.25) is 4.79 Å². The normalized spacial score (nSPS) is 16.6. The van der Waals surface area contributed by atoms with E-state index < -0.39 is 5.97 Å². The molecule has 2 aromatic rings. The highest BCUT2D eigenvalue weighted by Gasteiger charge is 2.27. The maximum Gasteiger partial charge on any atom is 0.344 e. The van der Waals surface area contributed by atoms with E-state index in [2.05, 4.69) is 29.7 Å². The van der Waals surface area contributed by atoms with Crippen LogP contribution in [-0.4, -0.2) is 37.7 Å². The number of nitrogens with one attached hydrogen (secondary N) is 2. The van der Waals surface area contributed by atoms with Crippen LogP contribution in [0.4, 0.5) is 5.69 Å². The van der Waals surface area contributed by atoms with E-state index in [4.69, 9.17) is 25.8 Å². The number of carbonyl (C=O) groups excluding carboxylic acids is 2. The van der Waals surface area contributed by atoms with Gasteiger partial charge in [0.15, 0.2) is 23.6 Å². The molecule has 3 rings (SSSR count). The van der Waals surface area contributed by atoms with Crippen molar-refractivity contribution in [3.8, 4) is 11.5 Å². The lowest BCUT2D eigenvalue weighted by atomic mass is 10.1. The first kappa shape index (κ1) is 23.8. The maximum absolute atomic E-state index is 12.4. The first-order chi connectivity index (χ1) is 15.4. The summed E-state index contributed by atoms with van der Waals surface area (Å²) in [6.07, 6.45) is 2.70. The van der Waals surface area contributed by atoms with Gasteiger partial charge in [-0.1, -0.05) is 42.4 Å². The van der Waals surface area contributed by atoms with E-state index in [-0.39, 0.29) is 35.4 Å². The number of esters is 1. The second kappa shape index (κ2) is 11.2. The molecule has 1 atom stereocenters. The van der Waals surface area contributed by atoms with Gasteiger partial charge in [0.25, 0.3) is 5.91 Å². The molecule has 1 fully saturated rings. The number of halogens is 1. The Labute approximate surface area is 196 Å². The van der Waals surface area contributed by atoms with Crippen molar-refractivity contribution in [3.05, 3.63) is 57.5 Å². The third-order valence-electron chi connectivity index (χ3n) is 4.58. The molecule has 0 bridgehead atoms. The van der Waals surface area contributed by atoms with Crippen LogP contribution in [0.1, 0.15) is 25.0 Å². The second-order valence-corrected chi connectivity index (χ2v) is 8.36. The van der Waals surface area contributed by atoms with Crippen molar-refractivity contribution in [2.75, 3.05) is 25.6 Å². The van der Waals surface area contributed by atoms with Crippen LogP contribution >= 0.6 is 23.4 Å². The average molecular weight is 477 g/mol. The summed E-state index contributed by atoms with van der Waals surface area (Å²) in [5.74, 6) is -0.0974. The number of hydrogen-bond donors (Lipinski definition) is 2. The van der Waals surface area contributed by atoms with Crippen LogP contribution in [0.3, 0.4) is 0 Å². The highest BCUT2D eigenvalue weighted by atomic mass is 35.5. The third kappa shape index (κ3) is 6.11. The highest BCUT2D eigenvalue weighted by Crippen LogP contribution is 2.38. The van der Waals surface area contributed by atoms with Crippen LogP contribution in [0.25, 0.3) is 6.08 Å². The standard InChI is InChI=1S/C23H25ClN2O5S/c1-4-14-6-8-16(9-7-14)25-23-26-22(28)19(32-23)12-15-10-17(24)21(18(11-15)29-3)31-13-20(27)30-5-2/h6-12,23,25H,4-5,13H2,1-3H3,(H,26,28)/b19-12-/t23-/m1/s1. The molecule has 0 unspecified atom stereocenters. The van der Waals surface area contributed by atoms with Crippen molar-refractivity contribution in [2.24, 2.45) is 0 Å². The molecular weight excluding hydrogens is 452 g/mol. The topological polar surface area (TPSA) is 85.9 Å². The average Bonchev–Trinajstić information content (AvgIpc) is 3.11. The number of aryl methyl sites for hydroxylation is 1. The molecule has 1 heterocycles. The third-order valence-corrected chi connectivity index (χ3v) is 5.89. The summed E-state index contributed by atoms with van der Waals surface area (Å²) in [5, 5.41) is 6.46. The first-order valence-corrected chi connectivity index (χ1v) is 11.4. The summed E-state index contributed by atoms with van der Waals surface area (Å²) in [6, 6.07) is 11.4. The molecule has 32 heavy (non-hydrogen) atoms. The van der Waals surface area contributed by atoms with Crippen molar-refractivity contribution in [1.82, 2.24) is 5.32 Å². The number of rotatable bonds is 9. The molecule has 2 N–H and O–H groups in total. The minimum atomic E-state index is -0.501. The Kier molecular flexibility index (Phi) is 8.30. The van der Waals surface area contributed by atoms with Gasteiger partial charge in [0.1, 0.15) is 0 Å². The number of benzene rings is 2. The van der Waals surface area contributed by atoms with E-state index >= 15 is 0 Å². The Morgan fingerprint density at radius 2 is 2.00 bits per heavy atom. The molecule has 1 amide bonds. The second-order valence-electron chi connectivity index (χ2n) is 6.80. The van der Waals surface area contributed by atoms with Crippen molar-refractivity contribution < 1.29 is 23.8 Å². The number of hydrogen-bond acceptors (Lipinski definition) is 7. The lowest BCUT2D eigenvalue weighted by molar-refractivity contribution is -0.145. The SMILES string of the molecule is CCOC(=O)COc1c(Cl)cc(/C=C2\S[C@H](Nc3ccc(CC)cc3)NC2=O)cc1OC. The van der Waals surface area contributed by atoms with Crippen LogP contribution < -0.4 is 20.1 Å². The molecule has 0 aliphatic carbocycles. The van der Waals surface area contributed by atoms with E-state index in [1.54, 1.807) is 25.1 Å². The van der Waals surface area contributed by atoms with Crippen LogP contribution in [-0.2, 0) is 20.7 Å². The summed E-state index contributed by atoms with van der Waals surface area (Å²) >= 11 is 7.72. The lowest BCUT2D eigenvalue weighted by Gasteiger charge is -2.13. The molecule has 0 saturated carbocycles. The number of ether oxygens (including phenoxy) is 3. The van der Waals surface area contributed by atoms with Crippen LogP contribution in [0.5, 0.6) is 11.5 Å². The molecule has 1 aliphatic heterocycles. The fraction of sp³-hybridized carbons (Fsp3) is 0.304. The Bertz CT molecular complexity index is 1010. The lowest BCUT2D eigenvalue weighted by Crippen LogP contribution is -2.30. The zero-order chi connectivity index (χ0) is 23.1. The minimum absolute atomic E-state index is 0.185. The summed E-state index contributed by atoms with van der Waals surface area (Å²) < 4.78 is 15.7. The zero-order valence-electron chi connectivity index (χ0n) is 18.1. The van der Waals surface area contributed by atoms with Crippen LogP contribution in [0.2, 0.25) is 5.02 Å². The molecule has 0 aromatic heterocycles. The van der Waals surface area contributed by atoms with Gasteiger partial charge in [-0.05, 0) is 54.8 Å². The summed E-state index contributed by atoms with van der Waals surface area (Å²) in [5.41, 5.74) is 2.56. The van der Waals surface area contributed by atoms with Gasteiger partial charge in [0.05, 0.1) is 23.6 Å². The number of thioether (sulfide) groups is 1. The number of carbonyl (C=O) groups is 2. The predicted octanol–water partition coefficient (Wildman–Crippen LogP) is 4.45. The van der Waals surface area contributed by atoms with Gasteiger partial charge >= 0.3 is 5.97 Å². The summed E-state index contributed by atoms with van der Waals surface area (Å²) in [4.78, 5) is 24.5. The molecule has 7 nitrogen and oxygen atoms in total. The fourth-order valence-electron chi connectivity index (χ4n) is 3.00. The Balaban J connectivity index is 1.71. The number of amides is 1. The van der Waals surface area contributed by atoms with Crippen molar-refractivity contribution in [3.63, 3.8) is 0 Å². The molecule has 1 aliphatic rings. The van der Waals surface area contributed by atoms with E-state index in [1.807, 2.05) is 12.1 Å². The maximum atomic E-state index is 12.4. The zero-order valence-corrected chi connectivity index (χ0v) is 19.6. The monoisotopic (exact) mass is 476 g/mol. The number of methoxy groups -OCH3 is 1. The van der Waals surface area contributed by atoms with Crippen molar-refractivity contribution >= 4 is 47.0 Å². The van der Waals surface area contributed by atoms with Crippen LogP contribution in [0.15, 0.2) is 41.3 Å². The Hall–Kier alpha value is -2.84. The highest BCUT2D eigenvalue weighted by molar-refractivity contribution is 8.05. The summed E-state index contributed by atoms with van der Waals surface area (Å²) in [7, 11) is 1.47. The van der Waals surface area contributed by atoms with Crippen LogP contribution in [0, 0.1) is 0 Å². The van der Waals surface area contributed by atoms with Gasteiger partial charge in [0, 0.05) is 5.69 Å². The molecule has 2 aromatic carbocycles. The van der Waals surface area contributed by atoms with Gasteiger partial charge in [-0.25, -0.2) is 4.79 Å². The minimum Gasteiger partial charge on any atom is -0.493 e. The van der Waals surface area contributed by atoms with Gasteiger partial charge in [-0.2, -0.15) is 0 Å². The predicted molar refractivity (Wildman–Crippen MR) is 127 cm³/mol. The van der Waals surface area contributed by atoms with Gasteiger partial charge in [-0.15, -0.1) is 0 Å². The Morgan fingerprint density at radius 1 is 1.25 bits per heavy atom. The van der Waals surface area contributed by atoms with Gasteiger partial charge < -0.3 is 24.8 Å².